The second-order valence-corrected chi connectivity index (χ2v) is 11.4. The Kier molecular flexibility index (Phi) is 11.6. The van der Waals surface area contributed by atoms with E-state index in [9.17, 15) is 0 Å². The quantitative estimate of drug-likeness (QED) is 0.360. The van der Waals surface area contributed by atoms with Crippen LogP contribution in [0.15, 0.2) is 70.5 Å². The number of unbranched alkanes of at least 4 members (excludes halogenated alkanes) is 5. The summed E-state index contributed by atoms with van der Waals surface area (Å²) in [6, 6.07) is 21.7. The van der Waals surface area contributed by atoms with Crippen LogP contribution in [0.3, 0.4) is 0 Å². The third-order valence-corrected chi connectivity index (χ3v) is 8.89. The summed E-state index contributed by atoms with van der Waals surface area (Å²) in [5.41, 5.74) is 0. The van der Waals surface area contributed by atoms with Gasteiger partial charge in [0.05, 0.1) is 6.61 Å². The molecule has 0 saturated heterocycles. The SMILES string of the molecule is CC.CCCCCCCCOS(c1ccccc1)(c1ccccc1)C(C)(C)C. The molecule has 0 aliphatic rings. The normalized spacial score (nSPS) is 12.2. The van der Waals surface area contributed by atoms with E-state index in [-0.39, 0.29) is 4.75 Å². The lowest BCUT2D eigenvalue weighted by molar-refractivity contribution is 0.328. The molecule has 1 nitrogen and oxygen atoms in total. The number of hydrogen-bond donors (Lipinski definition) is 0. The molecule has 0 radical (unpaired) electrons. The van der Waals surface area contributed by atoms with E-state index in [2.05, 4.69) is 88.4 Å². The van der Waals surface area contributed by atoms with E-state index in [4.69, 9.17) is 4.18 Å². The predicted octanol–water partition coefficient (Wildman–Crippen LogP) is 9.03. The average molecular weight is 403 g/mol. The molecular formula is C26H42OS. The van der Waals surface area contributed by atoms with Crippen molar-refractivity contribution in [2.75, 3.05) is 6.61 Å². The molecular weight excluding hydrogens is 360 g/mol. The topological polar surface area (TPSA) is 9.23 Å². The Labute approximate surface area is 176 Å². The van der Waals surface area contributed by atoms with Gasteiger partial charge in [0, 0.05) is 14.5 Å². The summed E-state index contributed by atoms with van der Waals surface area (Å²) < 4.78 is 6.88. The van der Waals surface area contributed by atoms with Crippen LogP contribution >= 0.6 is 10.3 Å². The van der Waals surface area contributed by atoms with Crippen molar-refractivity contribution < 1.29 is 4.18 Å². The van der Waals surface area contributed by atoms with E-state index in [1.165, 1.54) is 41.9 Å². The van der Waals surface area contributed by atoms with Gasteiger partial charge in [-0.25, -0.2) is 0 Å². The summed E-state index contributed by atoms with van der Waals surface area (Å²) >= 11 is 0. The Morgan fingerprint density at radius 2 is 1.11 bits per heavy atom. The second kappa shape index (κ2) is 13.1. The third kappa shape index (κ3) is 6.67. The van der Waals surface area contributed by atoms with Crippen LogP contribution < -0.4 is 0 Å². The highest BCUT2D eigenvalue weighted by atomic mass is 32.3. The fourth-order valence-corrected chi connectivity index (χ4v) is 7.21. The molecule has 0 N–H and O–H groups in total. The van der Waals surface area contributed by atoms with Crippen molar-refractivity contribution in [1.29, 1.82) is 0 Å². The largest absolute Gasteiger partial charge is 0.328 e. The number of benzene rings is 2. The van der Waals surface area contributed by atoms with Gasteiger partial charge in [-0.2, -0.15) is 0 Å². The molecule has 0 heterocycles. The van der Waals surface area contributed by atoms with Crippen molar-refractivity contribution in [1.82, 2.24) is 0 Å². The molecule has 0 fully saturated rings. The first-order valence-corrected chi connectivity index (χ1v) is 12.7. The molecule has 2 aromatic rings. The summed E-state index contributed by atoms with van der Waals surface area (Å²) in [5.74, 6) is 0. The zero-order valence-corrected chi connectivity index (χ0v) is 19.9. The smallest absolute Gasteiger partial charge is 0.0601 e. The van der Waals surface area contributed by atoms with Gasteiger partial charge in [-0.05, 0) is 51.5 Å². The van der Waals surface area contributed by atoms with Gasteiger partial charge >= 0.3 is 0 Å². The minimum Gasteiger partial charge on any atom is -0.328 e. The van der Waals surface area contributed by atoms with E-state index in [0.29, 0.717) is 0 Å². The van der Waals surface area contributed by atoms with Gasteiger partial charge in [0.1, 0.15) is 0 Å². The Morgan fingerprint density at radius 1 is 0.679 bits per heavy atom. The molecule has 0 amide bonds. The van der Waals surface area contributed by atoms with Crippen molar-refractivity contribution >= 4 is 10.3 Å². The van der Waals surface area contributed by atoms with Crippen LogP contribution in [0.2, 0.25) is 0 Å². The number of rotatable bonds is 10. The summed E-state index contributed by atoms with van der Waals surface area (Å²) in [6.07, 6.45) is 7.75. The van der Waals surface area contributed by atoms with Gasteiger partial charge in [0.25, 0.3) is 0 Å². The van der Waals surface area contributed by atoms with Crippen molar-refractivity contribution in [2.45, 2.75) is 94.6 Å². The highest BCUT2D eigenvalue weighted by Gasteiger charge is 2.41. The molecule has 0 spiro atoms. The third-order valence-electron chi connectivity index (χ3n) is 4.77. The van der Waals surface area contributed by atoms with Crippen LogP contribution in [0.25, 0.3) is 0 Å². The molecule has 158 valence electrons. The Bertz CT molecular complexity index is 576. The summed E-state index contributed by atoms with van der Waals surface area (Å²) in [5, 5.41) is 0. The maximum atomic E-state index is 6.86. The molecule has 0 saturated carbocycles. The highest BCUT2D eigenvalue weighted by molar-refractivity contribution is 8.31. The first kappa shape index (κ1) is 24.8. The summed E-state index contributed by atoms with van der Waals surface area (Å²) in [4.78, 5) is 2.65. The van der Waals surface area contributed by atoms with Gasteiger partial charge in [-0.1, -0.05) is 99.6 Å². The Balaban J connectivity index is 0.00000190. The fourth-order valence-electron chi connectivity index (χ4n) is 3.45. The molecule has 2 aromatic carbocycles. The fraction of sp³-hybridized carbons (Fsp3) is 0.538. The lowest BCUT2D eigenvalue weighted by atomic mass is 10.1. The zero-order chi connectivity index (χ0) is 20.9. The molecule has 0 bridgehead atoms. The number of hydrogen-bond acceptors (Lipinski definition) is 1. The van der Waals surface area contributed by atoms with Gasteiger partial charge in [-0.3, -0.25) is 0 Å². The first-order valence-electron chi connectivity index (χ1n) is 11.1. The average Bonchev–Trinajstić information content (AvgIpc) is 2.72. The highest BCUT2D eigenvalue weighted by Crippen LogP contribution is 2.71. The maximum Gasteiger partial charge on any atom is 0.0601 e. The van der Waals surface area contributed by atoms with Crippen molar-refractivity contribution in [3.63, 3.8) is 0 Å². The van der Waals surface area contributed by atoms with Crippen molar-refractivity contribution in [2.24, 2.45) is 0 Å². The predicted molar refractivity (Wildman–Crippen MR) is 127 cm³/mol. The molecule has 0 atom stereocenters. The van der Waals surface area contributed by atoms with Crippen LogP contribution in [0.5, 0.6) is 0 Å². The van der Waals surface area contributed by atoms with Crippen LogP contribution in [0.4, 0.5) is 0 Å². The standard InChI is InChI=1S/C24H36OS.C2H6/c1-5-6-7-8-9-16-21-25-26(24(2,3)4,22-17-12-10-13-18-22)23-19-14-11-15-20-23;1-2/h10-15,17-20H,5-9,16,21H2,1-4H3;1-2H3. The monoisotopic (exact) mass is 402 g/mol. The van der Waals surface area contributed by atoms with E-state index < -0.39 is 10.3 Å². The molecule has 0 aliphatic heterocycles. The molecule has 2 heteroatoms. The lowest BCUT2D eigenvalue weighted by Gasteiger charge is -2.50. The Morgan fingerprint density at radius 3 is 1.54 bits per heavy atom. The second-order valence-electron chi connectivity index (χ2n) is 7.88. The van der Waals surface area contributed by atoms with Crippen LogP contribution in [0, 0.1) is 0 Å². The lowest BCUT2D eigenvalue weighted by Crippen LogP contribution is -2.28. The van der Waals surface area contributed by atoms with Crippen molar-refractivity contribution in [3.8, 4) is 0 Å². The molecule has 0 aromatic heterocycles. The zero-order valence-electron chi connectivity index (χ0n) is 19.0. The van der Waals surface area contributed by atoms with Gasteiger partial charge in [0.15, 0.2) is 0 Å². The van der Waals surface area contributed by atoms with E-state index in [0.717, 1.165) is 13.0 Å². The molecule has 28 heavy (non-hydrogen) atoms. The minimum absolute atomic E-state index is 0.0257. The molecule has 0 unspecified atom stereocenters. The van der Waals surface area contributed by atoms with Gasteiger partial charge in [-0.15, -0.1) is 0 Å². The van der Waals surface area contributed by atoms with Gasteiger partial charge < -0.3 is 4.18 Å². The van der Waals surface area contributed by atoms with Crippen LogP contribution in [-0.4, -0.2) is 11.4 Å². The molecule has 0 aliphatic carbocycles. The van der Waals surface area contributed by atoms with E-state index in [1.807, 2.05) is 13.8 Å². The minimum atomic E-state index is -1.57. The first-order chi connectivity index (χ1) is 13.5. The Hall–Kier alpha value is -1.25. The maximum absolute atomic E-state index is 6.86. The summed E-state index contributed by atoms with van der Waals surface area (Å²) in [6.45, 7) is 14.1. The molecule has 2 rings (SSSR count). The van der Waals surface area contributed by atoms with Crippen LogP contribution in [-0.2, 0) is 4.18 Å². The summed E-state index contributed by atoms with van der Waals surface area (Å²) in [7, 11) is -1.57. The van der Waals surface area contributed by atoms with Crippen LogP contribution in [0.1, 0.15) is 80.1 Å². The van der Waals surface area contributed by atoms with E-state index in [1.54, 1.807) is 0 Å². The van der Waals surface area contributed by atoms with Gasteiger partial charge in [0.2, 0.25) is 0 Å². The van der Waals surface area contributed by atoms with E-state index >= 15 is 0 Å². The van der Waals surface area contributed by atoms with Crippen molar-refractivity contribution in [3.05, 3.63) is 60.7 Å².